The Bertz CT molecular complexity index is 606. The number of ether oxygens (including phenoxy) is 1. The minimum Gasteiger partial charge on any atom is -0.443 e. The summed E-state index contributed by atoms with van der Waals surface area (Å²) < 4.78 is 5.01. The van der Waals surface area contributed by atoms with E-state index < -0.39 is 17.6 Å². The van der Waals surface area contributed by atoms with Crippen LogP contribution in [0.4, 0.5) is 9.59 Å². The van der Waals surface area contributed by atoms with E-state index in [0.717, 1.165) is 5.56 Å². The molecule has 0 saturated heterocycles. The zero-order chi connectivity index (χ0) is 19.0. The van der Waals surface area contributed by atoms with Crippen LogP contribution in [0, 0.1) is 0 Å². The van der Waals surface area contributed by atoms with Gasteiger partial charge in [0.2, 0.25) is 0 Å². The van der Waals surface area contributed by atoms with Crippen LogP contribution in [0.2, 0.25) is 0 Å². The molecule has 4 amide bonds. The Morgan fingerprint density at radius 2 is 1.64 bits per heavy atom. The van der Waals surface area contributed by atoms with Crippen LogP contribution in [0.3, 0.4) is 0 Å². The summed E-state index contributed by atoms with van der Waals surface area (Å²) >= 11 is 0. The lowest BCUT2D eigenvalue weighted by Crippen LogP contribution is -2.44. The summed E-state index contributed by atoms with van der Waals surface area (Å²) in [6, 6.07) is 6.45. The molecule has 1 aromatic rings. The van der Waals surface area contributed by atoms with E-state index in [-0.39, 0.29) is 12.1 Å². The second-order valence-corrected chi connectivity index (χ2v) is 6.76. The Kier molecular flexibility index (Phi) is 7.22. The summed E-state index contributed by atoms with van der Waals surface area (Å²) in [6.07, 6.45) is -0.738. The van der Waals surface area contributed by atoms with Crippen molar-refractivity contribution in [2.75, 3.05) is 0 Å². The molecule has 0 unspecified atom stereocenters. The molecule has 0 aliphatic carbocycles. The van der Waals surface area contributed by atoms with Gasteiger partial charge in [-0.2, -0.15) is 0 Å². The van der Waals surface area contributed by atoms with Gasteiger partial charge < -0.3 is 15.4 Å². The van der Waals surface area contributed by atoms with Crippen molar-refractivity contribution in [1.82, 2.24) is 21.5 Å². The molecule has 0 heterocycles. The minimum atomic E-state index is -0.738. The summed E-state index contributed by atoms with van der Waals surface area (Å²) in [5.41, 5.74) is 5.02. The van der Waals surface area contributed by atoms with E-state index in [4.69, 9.17) is 4.74 Å². The largest absolute Gasteiger partial charge is 0.443 e. The van der Waals surface area contributed by atoms with Gasteiger partial charge in [-0.3, -0.25) is 10.2 Å². The van der Waals surface area contributed by atoms with E-state index in [1.54, 1.807) is 45.0 Å². The Balaban J connectivity index is 2.46. The van der Waals surface area contributed by atoms with Gasteiger partial charge in [-0.15, -0.1) is 0 Å². The van der Waals surface area contributed by atoms with E-state index in [9.17, 15) is 14.4 Å². The molecule has 1 rings (SSSR count). The molecule has 0 bridgehead atoms. The van der Waals surface area contributed by atoms with Crippen molar-refractivity contribution in [1.29, 1.82) is 0 Å². The standard InChI is InChI=1S/C17H26N4O4/c1-11(2)19-15(23)18-10-12-6-8-13(9-7-12)14(22)20-21-16(24)25-17(3,4)5/h6-9,11H,10H2,1-5H3,(H,20,22)(H,21,24)(H2,18,19,23). The lowest BCUT2D eigenvalue weighted by Gasteiger charge is -2.19. The first-order valence-electron chi connectivity index (χ1n) is 7.99. The molecule has 0 radical (unpaired) electrons. The number of carbonyl (C=O) groups is 3. The van der Waals surface area contributed by atoms with Gasteiger partial charge in [0, 0.05) is 18.2 Å². The lowest BCUT2D eigenvalue weighted by molar-refractivity contribution is 0.0483. The third-order valence-electron chi connectivity index (χ3n) is 2.77. The smallest absolute Gasteiger partial charge is 0.426 e. The summed E-state index contributed by atoms with van der Waals surface area (Å²) in [5, 5.41) is 5.44. The first-order valence-corrected chi connectivity index (χ1v) is 7.99. The highest BCUT2D eigenvalue weighted by molar-refractivity contribution is 5.94. The fourth-order valence-electron chi connectivity index (χ4n) is 1.75. The first kappa shape index (κ1) is 20.3. The molecule has 8 nitrogen and oxygen atoms in total. The molecule has 138 valence electrons. The van der Waals surface area contributed by atoms with Gasteiger partial charge in [0.15, 0.2) is 0 Å². The van der Waals surface area contributed by atoms with Gasteiger partial charge >= 0.3 is 12.1 Å². The van der Waals surface area contributed by atoms with Crippen molar-refractivity contribution in [3.05, 3.63) is 35.4 Å². The highest BCUT2D eigenvalue weighted by atomic mass is 16.6. The van der Waals surface area contributed by atoms with Gasteiger partial charge in [-0.05, 0) is 52.3 Å². The van der Waals surface area contributed by atoms with Crippen molar-refractivity contribution >= 4 is 18.0 Å². The van der Waals surface area contributed by atoms with Crippen LogP contribution in [-0.2, 0) is 11.3 Å². The molecule has 0 spiro atoms. The van der Waals surface area contributed by atoms with Crippen molar-refractivity contribution in [2.24, 2.45) is 0 Å². The fraction of sp³-hybridized carbons (Fsp3) is 0.471. The predicted octanol–water partition coefficient (Wildman–Crippen LogP) is 2.06. The van der Waals surface area contributed by atoms with Gasteiger partial charge in [-0.1, -0.05) is 12.1 Å². The van der Waals surface area contributed by atoms with E-state index in [2.05, 4.69) is 21.5 Å². The number of hydrogen-bond donors (Lipinski definition) is 4. The topological polar surface area (TPSA) is 109 Å². The minimum absolute atomic E-state index is 0.0588. The van der Waals surface area contributed by atoms with E-state index in [0.29, 0.717) is 12.1 Å². The number of amides is 4. The highest BCUT2D eigenvalue weighted by Gasteiger charge is 2.16. The zero-order valence-electron chi connectivity index (χ0n) is 15.2. The van der Waals surface area contributed by atoms with Gasteiger partial charge in [-0.25, -0.2) is 15.0 Å². The maximum Gasteiger partial charge on any atom is 0.426 e. The number of hydrogen-bond acceptors (Lipinski definition) is 4. The molecule has 0 aliphatic rings. The number of rotatable bonds is 4. The Morgan fingerprint density at radius 3 is 2.16 bits per heavy atom. The molecule has 8 heteroatoms. The average Bonchev–Trinajstić information content (AvgIpc) is 2.49. The number of hydrazine groups is 1. The van der Waals surface area contributed by atoms with Crippen LogP contribution in [0.5, 0.6) is 0 Å². The number of benzene rings is 1. The molecule has 0 aliphatic heterocycles. The van der Waals surface area contributed by atoms with E-state index >= 15 is 0 Å². The zero-order valence-corrected chi connectivity index (χ0v) is 15.2. The molecule has 0 atom stereocenters. The van der Waals surface area contributed by atoms with Crippen molar-refractivity contribution in [2.45, 2.75) is 52.8 Å². The van der Waals surface area contributed by atoms with Crippen LogP contribution >= 0.6 is 0 Å². The monoisotopic (exact) mass is 350 g/mol. The van der Waals surface area contributed by atoms with Crippen molar-refractivity contribution in [3.8, 4) is 0 Å². The van der Waals surface area contributed by atoms with Gasteiger partial charge in [0.25, 0.3) is 5.91 Å². The van der Waals surface area contributed by atoms with Gasteiger partial charge in [0.05, 0.1) is 0 Å². The number of urea groups is 1. The van der Waals surface area contributed by atoms with Gasteiger partial charge in [0.1, 0.15) is 5.60 Å². The maximum absolute atomic E-state index is 12.0. The Morgan fingerprint density at radius 1 is 1.04 bits per heavy atom. The second kappa shape index (κ2) is 8.91. The molecular weight excluding hydrogens is 324 g/mol. The fourth-order valence-corrected chi connectivity index (χ4v) is 1.75. The van der Waals surface area contributed by atoms with Crippen LogP contribution in [0.1, 0.15) is 50.5 Å². The summed E-state index contributed by atoms with van der Waals surface area (Å²) in [5.74, 6) is -0.470. The van der Waals surface area contributed by atoms with E-state index in [1.165, 1.54) is 0 Å². The maximum atomic E-state index is 12.0. The van der Waals surface area contributed by atoms with Crippen LogP contribution in [0.25, 0.3) is 0 Å². The van der Waals surface area contributed by atoms with Crippen molar-refractivity contribution < 1.29 is 19.1 Å². The summed E-state index contributed by atoms with van der Waals surface area (Å²) in [4.78, 5) is 34.9. The first-order chi connectivity index (χ1) is 11.6. The van der Waals surface area contributed by atoms with Crippen LogP contribution in [-0.4, -0.2) is 29.7 Å². The van der Waals surface area contributed by atoms with Crippen LogP contribution < -0.4 is 21.5 Å². The molecule has 0 saturated carbocycles. The molecule has 0 aromatic heterocycles. The van der Waals surface area contributed by atoms with Crippen molar-refractivity contribution in [3.63, 3.8) is 0 Å². The SMILES string of the molecule is CC(C)NC(=O)NCc1ccc(C(=O)NNC(=O)OC(C)(C)C)cc1. The predicted molar refractivity (Wildman–Crippen MR) is 93.8 cm³/mol. The van der Waals surface area contributed by atoms with Crippen LogP contribution in [0.15, 0.2) is 24.3 Å². The summed E-state index contributed by atoms with van der Waals surface area (Å²) in [7, 11) is 0. The Labute approximate surface area is 147 Å². The second-order valence-electron chi connectivity index (χ2n) is 6.76. The third-order valence-corrected chi connectivity index (χ3v) is 2.77. The molecular formula is C17H26N4O4. The normalized spacial score (nSPS) is 10.8. The number of nitrogens with one attached hydrogen (secondary N) is 4. The lowest BCUT2D eigenvalue weighted by atomic mass is 10.1. The molecule has 25 heavy (non-hydrogen) atoms. The highest BCUT2D eigenvalue weighted by Crippen LogP contribution is 2.06. The molecule has 1 aromatic carbocycles. The molecule has 4 N–H and O–H groups in total. The number of carbonyl (C=O) groups excluding carboxylic acids is 3. The quantitative estimate of drug-likeness (QED) is 0.623. The third kappa shape index (κ3) is 8.59. The summed E-state index contributed by atoms with van der Waals surface area (Å²) in [6.45, 7) is 9.26. The van der Waals surface area contributed by atoms with E-state index in [1.807, 2.05) is 13.8 Å². The average molecular weight is 350 g/mol. The molecule has 0 fully saturated rings. The Hall–Kier alpha value is -2.77.